The molecule has 0 amide bonds. The summed E-state index contributed by atoms with van der Waals surface area (Å²) in [4.78, 5) is 26.6. The SMILES string of the molecule is O=C(O)c1c(-c2c(F)cccc2F)[nH]c2cc(Br)ccc2c1=O. The lowest BCUT2D eigenvalue weighted by molar-refractivity contribution is 0.0696. The summed E-state index contributed by atoms with van der Waals surface area (Å²) in [6, 6.07) is 7.69. The predicted octanol–water partition coefficient (Wildman–Crippen LogP) is 3.93. The molecule has 0 aliphatic heterocycles. The van der Waals surface area contributed by atoms with E-state index in [1.54, 1.807) is 6.07 Å². The van der Waals surface area contributed by atoms with E-state index in [9.17, 15) is 23.5 Å². The Kier molecular flexibility index (Phi) is 3.73. The summed E-state index contributed by atoms with van der Waals surface area (Å²) in [6.45, 7) is 0. The van der Waals surface area contributed by atoms with Gasteiger partial charge < -0.3 is 10.1 Å². The second-order valence-corrected chi connectivity index (χ2v) is 5.71. The summed E-state index contributed by atoms with van der Waals surface area (Å²) in [7, 11) is 0. The van der Waals surface area contributed by atoms with Crippen LogP contribution in [0.4, 0.5) is 8.78 Å². The van der Waals surface area contributed by atoms with Gasteiger partial charge in [0.1, 0.15) is 17.2 Å². The van der Waals surface area contributed by atoms with Crippen LogP contribution in [0.25, 0.3) is 22.2 Å². The molecule has 0 unspecified atom stereocenters. The molecule has 23 heavy (non-hydrogen) atoms. The van der Waals surface area contributed by atoms with Crippen LogP contribution >= 0.6 is 15.9 Å². The second-order valence-electron chi connectivity index (χ2n) is 4.80. The lowest BCUT2D eigenvalue weighted by Crippen LogP contribution is -2.18. The van der Waals surface area contributed by atoms with E-state index in [-0.39, 0.29) is 10.9 Å². The van der Waals surface area contributed by atoms with E-state index in [1.165, 1.54) is 12.1 Å². The Bertz CT molecular complexity index is 994. The molecule has 2 N–H and O–H groups in total. The molecule has 0 saturated carbocycles. The zero-order valence-electron chi connectivity index (χ0n) is 11.4. The van der Waals surface area contributed by atoms with E-state index in [1.807, 2.05) is 0 Å². The van der Waals surface area contributed by atoms with Crippen molar-refractivity contribution in [2.45, 2.75) is 0 Å². The van der Waals surface area contributed by atoms with Gasteiger partial charge in [0.2, 0.25) is 5.43 Å². The third-order valence-corrected chi connectivity index (χ3v) is 3.88. The Morgan fingerprint density at radius 3 is 2.39 bits per heavy atom. The van der Waals surface area contributed by atoms with Gasteiger partial charge in [0.05, 0.1) is 16.8 Å². The van der Waals surface area contributed by atoms with Crippen molar-refractivity contribution in [2.75, 3.05) is 0 Å². The molecule has 2 aromatic carbocycles. The van der Waals surface area contributed by atoms with E-state index in [0.29, 0.717) is 4.47 Å². The van der Waals surface area contributed by atoms with E-state index in [4.69, 9.17) is 0 Å². The number of rotatable bonds is 2. The Hall–Kier alpha value is -2.54. The molecule has 1 heterocycles. The Labute approximate surface area is 136 Å². The summed E-state index contributed by atoms with van der Waals surface area (Å²) >= 11 is 3.23. The van der Waals surface area contributed by atoms with Crippen molar-refractivity contribution >= 4 is 32.8 Å². The number of aromatic nitrogens is 1. The van der Waals surface area contributed by atoms with E-state index in [0.717, 1.165) is 18.2 Å². The summed E-state index contributed by atoms with van der Waals surface area (Å²) < 4.78 is 28.7. The third kappa shape index (κ3) is 2.53. The third-order valence-electron chi connectivity index (χ3n) is 3.39. The van der Waals surface area contributed by atoms with Crippen LogP contribution in [0.3, 0.4) is 0 Å². The zero-order valence-corrected chi connectivity index (χ0v) is 12.9. The van der Waals surface area contributed by atoms with Crippen molar-refractivity contribution in [3.8, 4) is 11.3 Å². The molecule has 7 heteroatoms. The molecule has 1 aromatic heterocycles. The molecular formula is C16H8BrF2NO3. The van der Waals surface area contributed by atoms with Gasteiger partial charge in [-0.25, -0.2) is 13.6 Å². The number of fused-ring (bicyclic) bond motifs is 1. The number of carbonyl (C=O) groups is 1. The standard InChI is InChI=1S/C16H8BrF2NO3/c17-7-4-5-8-11(6-7)20-14(13(15(8)21)16(22)23)12-9(18)2-1-3-10(12)19/h1-6H,(H,20,21)(H,22,23). The molecule has 0 spiro atoms. The zero-order chi connectivity index (χ0) is 16.7. The van der Waals surface area contributed by atoms with Crippen LogP contribution in [0.2, 0.25) is 0 Å². The van der Waals surface area contributed by atoms with Crippen molar-refractivity contribution in [1.82, 2.24) is 4.98 Å². The number of carboxylic acids is 1. The molecule has 0 fully saturated rings. The first-order chi connectivity index (χ1) is 10.9. The normalized spacial score (nSPS) is 10.9. The molecule has 0 radical (unpaired) electrons. The van der Waals surface area contributed by atoms with Gasteiger partial charge in [0.25, 0.3) is 0 Å². The molecule has 0 aliphatic carbocycles. The maximum Gasteiger partial charge on any atom is 0.341 e. The van der Waals surface area contributed by atoms with Gasteiger partial charge in [0.15, 0.2) is 0 Å². The quantitative estimate of drug-likeness (QED) is 0.708. The van der Waals surface area contributed by atoms with Crippen LogP contribution in [0, 0.1) is 11.6 Å². The van der Waals surface area contributed by atoms with Crippen LogP contribution in [0.1, 0.15) is 10.4 Å². The number of H-pyrrole nitrogens is 1. The van der Waals surface area contributed by atoms with Gasteiger partial charge >= 0.3 is 5.97 Å². The van der Waals surface area contributed by atoms with Crippen molar-refractivity contribution in [2.24, 2.45) is 0 Å². The maximum absolute atomic E-state index is 14.0. The minimum atomic E-state index is -1.56. The van der Waals surface area contributed by atoms with Crippen LogP contribution in [0.15, 0.2) is 45.7 Å². The van der Waals surface area contributed by atoms with Gasteiger partial charge in [-0.05, 0) is 30.3 Å². The minimum absolute atomic E-state index is 0.117. The molecule has 0 saturated heterocycles. The number of pyridine rings is 1. The first-order valence-electron chi connectivity index (χ1n) is 6.43. The second kappa shape index (κ2) is 5.58. The molecule has 3 aromatic rings. The Morgan fingerprint density at radius 1 is 1.13 bits per heavy atom. The fourth-order valence-corrected chi connectivity index (χ4v) is 2.75. The maximum atomic E-state index is 14.0. The number of nitrogens with one attached hydrogen (secondary N) is 1. The van der Waals surface area contributed by atoms with E-state index >= 15 is 0 Å². The molecule has 3 rings (SSSR count). The Morgan fingerprint density at radius 2 is 1.78 bits per heavy atom. The summed E-state index contributed by atoms with van der Waals surface area (Å²) in [5, 5.41) is 9.45. The number of benzene rings is 2. The molecule has 0 atom stereocenters. The number of hydrogen-bond donors (Lipinski definition) is 2. The van der Waals surface area contributed by atoms with Gasteiger partial charge in [-0.1, -0.05) is 22.0 Å². The molecule has 0 bridgehead atoms. The lowest BCUT2D eigenvalue weighted by atomic mass is 10.0. The van der Waals surface area contributed by atoms with Crippen LogP contribution in [-0.2, 0) is 0 Å². The monoisotopic (exact) mass is 379 g/mol. The topological polar surface area (TPSA) is 70.2 Å². The van der Waals surface area contributed by atoms with Crippen molar-refractivity contribution < 1.29 is 18.7 Å². The fourth-order valence-electron chi connectivity index (χ4n) is 2.39. The van der Waals surface area contributed by atoms with Gasteiger partial charge in [-0.15, -0.1) is 0 Å². The number of aromatic amines is 1. The van der Waals surface area contributed by atoms with E-state index < -0.39 is 39.9 Å². The average molecular weight is 380 g/mol. The van der Waals surface area contributed by atoms with Crippen LogP contribution in [0.5, 0.6) is 0 Å². The summed E-state index contributed by atoms with van der Waals surface area (Å²) in [5.41, 5.74) is -2.22. The molecular weight excluding hydrogens is 372 g/mol. The van der Waals surface area contributed by atoms with Crippen molar-refractivity contribution in [3.63, 3.8) is 0 Å². The lowest BCUT2D eigenvalue weighted by Gasteiger charge is -2.11. The summed E-state index contributed by atoms with van der Waals surface area (Å²) in [5.74, 6) is -3.48. The Balaban J connectivity index is 2.51. The highest BCUT2D eigenvalue weighted by Crippen LogP contribution is 2.28. The first-order valence-corrected chi connectivity index (χ1v) is 7.22. The average Bonchev–Trinajstić information content (AvgIpc) is 2.46. The number of halogens is 3. The number of aromatic carboxylic acids is 1. The van der Waals surface area contributed by atoms with Crippen LogP contribution < -0.4 is 5.43 Å². The number of hydrogen-bond acceptors (Lipinski definition) is 2. The van der Waals surface area contributed by atoms with Crippen LogP contribution in [-0.4, -0.2) is 16.1 Å². The van der Waals surface area contributed by atoms with Gasteiger partial charge in [-0.3, -0.25) is 4.79 Å². The highest BCUT2D eigenvalue weighted by Gasteiger charge is 2.23. The minimum Gasteiger partial charge on any atom is -0.477 e. The summed E-state index contributed by atoms with van der Waals surface area (Å²) in [6.07, 6.45) is 0. The molecule has 4 nitrogen and oxygen atoms in total. The van der Waals surface area contributed by atoms with Crippen molar-refractivity contribution in [3.05, 3.63) is 68.3 Å². The predicted molar refractivity (Wildman–Crippen MR) is 84.6 cm³/mol. The van der Waals surface area contributed by atoms with Gasteiger partial charge in [0, 0.05) is 9.86 Å². The smallest absolute Gasteiger partial charge is 0.341 e. The van der Waals surface area contributed by atoms with Crippen molar-refractivity contribution in [1.29, 1.82) is 0 Å². The highest BCUT2D eigenvalue weighted by molar-refractivity contribution is 9.10. The molecule has 0 aliphatic rings. The molecule has 116 valence electrons. The van der Waals surface area contributed by atoms with Gasteiger partial charge in [-0.2, -0.15) is 0 Å². The fraction of sp³-hybridized carbons (Fsp3) is 0. The van der Waals surface area contributed by atoms with E-state index in [2.05, 4.69) is 20.9 Å². The number of carboxylic acid groups (broad SMARTS) is 1. The highest BCUT2D eigenvalue weighted by atomic mass is 79.9. The largest absolute Gasteiger partial charge is 0.477 e. The first kappa shape index (κ1) is 15.4.